The van der Waals surface area contributed by atoms with Crippen LogP contribution in [0.2, 0.25) is 0 Å². The number of carboxylic acid groups (broad SMARTS) is 2. The van der Waals surface area contributed by atoms with Crippen molar-refractivity contribution in [1.29, 1.82) is 0 Å². The summed E-state index contributed by atoms with van der Waals surface area (Å²) in [4.78, 5) is 43.3. The molecule has 7 heteroatoms. The van der Waals surface area contributed by atoms with Gasteiger partial charge in [0, 0.05) is 12.8 Å². The maximum absolute atomic E-state index is 11.3. The molecule has 0 saturated carbocycles. The van der Waals surface area contributed by atoms with E-state index in [1.807, 2.05) is 0 Å². The van der Waals surface area contributed by atoms with Gasteiger partial charge in [-0.15, -0.1) is 0 Å². The molecule has 7 nitrogen and oxygen atoms in total. The van der Waals surface area contributed by atoms with Crippen molar-refractivity contribution in [2.24, 2.45) is 5.92 Å². The van der Waals surface area contributed by atoms with Crippen LogP contribution in [0.5, 0.6) is 0 Å². The summed E-state index contributed by atoms with van der Waals surface area (Å²) in [6.45, 7) is 2.55. The van der Waals surface area contributed by atoms with Crippen molar-refractivity contribution in [2.75, 3.05) is 0 Å². The summed E-state index contributed by atoms with van der Waals surface area (Å²) >= 11 is 0. The largest absolute Gasteiger partial charge is 0.481 e. The average Bonchev–Trinajstić information content (AvgIpc) is 2.15. The zero-order valence-electron chi connectivity index (χ0n) is 9.60. The van der Waals surface area contributed by atoms with Crippen LogP contribution in [-0.4, -0.2) is 39.9 Å². The van der Waals surface area contributed by atoms with E-state index in [0.29, 0.717) is 0 Å². The standard InChI is InChI=1S/C10H15NO6/c1-5(9(14)15)3-8(13)11-7(10(16)17)4-6(2)12/h5,7H,3-4H2,1-2H3,(H,11,13)(H,14,15)(H,16,17)/t5-,7-/m0/s1. The predicted molar refractivity (Wildman–Crippen MR) is 56.3 cm³/mol. The van der Waals surface area contributed by atoms with Crippen LogP contribution in [0.25, 0.3) is 0 Å². The van der Waals surface area contributed by atoms with Crippen molar-refractivity contribution < 1.29 is 29.4 Å². The summed E-state index contributed by atoms with van der Waals surface area (Å²) in [6.07, 6.45) is -0.639. The molecule has 0 aliphatic heterocycles. The molecule has 0 aromatic carbocycles. The van der Waals surface area contributed by atoms with Crippen molar-refractivity contribution in [3.05, 3.63) is 0 Å². The van der Waals surface area contributed by atoms with E-state index in [2.05, 4.69) is 5.32 Å². The van der Waals surface area contributed by atoms with Gasteiger partial charge in [0.25, 0.3) is 0 Å². The molecule has 0 radical (unpaired) electrons. The molecule has 0 spiro atoms. The van der Waals surface area contributed by atoms with Crippen LogP contribution in [-0.2, 0) is 19.2 Å². The van der Waals surface area contributed by atoms with Crippen LogP contribution < -0.4 is 5.32 Å². The van der Waals surface area contributed by atoms with Gasteiger partial charge in [-0.2, -0.15) is 0 Å². The molecule has 0 aliphatic rings. The Morgan fingerprint density at radius 1 is 1.06 bits per heavy atom. The Morgan fingerprint density at radius 3 is 1.94 bits per heavy atom. The summed E-state index contributed by atoms with van der Waals surface area (Å²) in [6, 6.07) is -1.30. The predicted octanol–water partition coefficient (Wildman–Crippen LogP) is -0.354. The number of aliphatic carboxylic acids is 2. The van der Waals surface area contributed by atoms with Gasteiger partial charge in [0.15, 0.2) is 0 Å². The number of carbonyl (C=O) groups is 4. The first kappa shape index (κ1) is 15.1. The molecule has 0 rings (SSSR count). The minimum Gasteiger partial charge on any atom is -0.481 e. The minimum atomic E-state index is -1.32. The fraction of sp³-hybridized carbons (Fsp3) is 0.600. The zero-order valence-corrected chi connectivity index (χ0v) is 9.60. The van der Waals surface area contributed by atoms with E-state index in [0.717, 1.165) is 0 Å². The number of carboxylic acids is 2. The highest BCUT2D eigenvalue weighted by Crippen LogP contribution is 2.03. The number of Topliss-reactive ketones (excluding diaryl/α,β-unsaturated/α-hetero) is 1. The van der Waals surface area contributed by atoms with Crippen LogP contribution in [0.3, 0.4) is 0 Å². The Kier molecular flexibility index (Phi) is 5.87. The first-order chi connectivity index (χ1) is 7.73. The molecule has 0 aliphatic carbocycles. The van der Waals surface area contributed by atoms with Gasteiger partial charge in [-0.25, -0.2) is 4.79 Å². The lowest BCUT2D eigenvalue weighted by Crippen LogP contribution is -2.42. The fourth-order valence-corrected chi connectivity index (χ4v) is 1.11. The third-order valence-electron chi connectivity index (χ3n) is 2.04. The van der Waals surface area contributed by atoms with E-state index in [9.17, 15) is 19.2 Å². The molecule has 0 fully saturated rings. The van der Waals surface area contributed by atoms with E-state index in [1.165, 1.54) is 13.8 Å². The van der Waals surface area contributed by atoms with Crippen LogP contribution in [0.4, 0.5) is 0 Å². The number of hydrogen-bond acceptors (Lipinski definition) is 4. The highest BCUT2D eigenvalue weighted by atomic mass is 16.4. The molecule has 1 amide bonds. The van der Waals surface area contributed by atoms with Crippen LogP contribution in [0.1, 0.15) is 26.7 Å². The molecule has 96 valence electrons. The lowest BCUT2D eigenvalue weighted by molar-refractivity contribution is -0.145. The number of amides is 1. The monoisotopic (exact) mass is 245 g/mol. The third kappa shape index (κ3) is 6.29. The Morgan fingerprint density at radius 2 is 1.59 bits per heavy atom. The maximum Gasteiger partial charge on any atom is 0.326 e. The zero-order chi connectivity index (χ0) is 13.6. The normalized spacial score (nSPS) is 13.5. The number of carbonyl (C=O) groups excluding carboxylic acids is 2. The molecule has 0 aromatic heterocycles. The maximum atomic E-state index is 11.3. The van der Waals surface area contributed by atoms with Crippen molar-refractivity contribution in [1.82, 2.24) is 5.32 Å². The van der Waals surface area contributed by atoms with Crippen LogP contribution in [0.15, 0.2) is 0 Å². The van der Waals surface area contributed by atoms with Gasteiger partial charge < -0.3 is 15.5 Å². The molecule has 0 aromatic rings. The second kappa shape index (κ2) is 6.62. The van der Waals surface area contributed by atoms with Gasteiger partial charge in [0.1, 0.15) is 11.8 Å². The van der Waals surface area contributed by atoms with E-state index in [-0.39, 0.29) is 18.6 Å². The first-order valence-corrected chi connectivity index (χ1v) is 4.98. The number of hydrogen-bond donors (Lipinski definition) is 3. The van der Waals surface area contributed by atoms with Gasteiger partial charge in [0.05, 0.1) is 5.92 Å². The van der Waals surface area contributed by atoms with Crippen LogP contribution >= 0.6 is 0 Å². The van der Waals surface area contributed by atoms with E-state index >= 15 is 0 Å². The second-order valence-electron chi connectivity index (χ2n) is 3.81. The Hall–Kier alpha value is -1.92. The Bertz CT molecular complexity index is 338. The number of rotatable bonds is 7. The van der Waals surface area contributed by atoms with Crippen molar-refractivity contribution in [3.8, 4) is 0 Å². The van der Waals surface area contributed by atoms with E-state index in [4.69, 9.17) is 10.2 Å². The minimum absolute atomic E-state index is 0.317. The van der Waals surface area contributed by atoms with E-state index < -0.39 is 29.8 Å². The first-order valence-electron chi connectivity index (χ1n) is 4.98. The third-order valence-corrected chi connectivity index (χ3v) is 2.04. The molecule has 0 bridgehead atoms. The fourth-order valence-electron chi connectivity index (χ4n) is 1.11. The molecule has 2 atom stereocenters. The summed E-state index contributed by atoms with van der Waals surface area (Å²) in [5, 5.41) is 19.4. The SMILES string of the molecule is CC(=O)C[C@H](NC(=O)C[C@H](C)C(=O)O)C(=O)O. The molecule has 0 heterocycles. The highest BCUT2D eigenvalue weighted by molar-refractivity contribution is 5.89. The smallest absolute Gasteiger partial charge is 0.326 e. The van der Waals surface area contributed by atoms with Gasteiger partial charge in [-0.1, -0.05) is 6.92 Å². The molecular weight excluding hydrogens is 230 g/mol. The molecular formula is C10H15NO6. The Balaban J connectivity index is 4.36. The van der Waals surface area contributed by atoms with Gasteiger partial charge in [-0.3, -0.25) is 14.4 Å². The molecule has 0 saturated heterocycles. The lowest BCUT2D eigenvalue weighted by Gasteiger charge is -2.13. The summed E-state index contributed by atoms with van der Waals surface area (Å²) in [5.41, 5.74) is 0. The topological polar surface area (TPSA) is 121 Å². The summed E-state index contributed by atoms with van der Waals surface area (Å²) in [7, 11) is 0. The second-order valence-corrected chi connectivity index (χ2v) is 3.81. The van der Waals surface area contributed by atoms with Crippen molar-refractivity contribution >= 4 is 23.6 Å². The molecule has 17 heavy (non-hydrogen) atoms. The quantitative estimate of drug-likeness (QED) is 0.563. The van der Waals surface area contributed by atoms with E-state index in [1.54, 1.807) is 0 Å². The molecule has 3 N–H and O–H groups in total. The van der Waals surface area contributed by atoms with Crippen LogP contribution in [0, 0.1) is 5.92 Å². The average molecular weight is 245 g/mol. The number of nitrogens with one attached hydrogen (secondary N) is 1. The highest BCUT2D eigenvalue weighted by Gasteiger charge is 2.23. The van der Waals surface area contributed by atoms with Crippen molar-refractivity contribution in [2.45, 2.75) is 32.7 Å². The van der Waals surface area contributed by atoms with Gasteiger partial charge >= 0.3 is 11.9 Å². The van der Waals surface area contributed by atoms with Gasteiger partial charge in [0.2, 0.25) is 5.91 Å². The lowest BCUT2D eigenvalue weighted by atomic mass is 10.1. The summed E-state index contributed by atoms with van der Waals surface area (Å²) in [5.74, 6) is -4.44. The van der Waals surface area contributed by atoms with Crippen molar-refractivity contribution in [3.63, 3.8) is 0 Å². The van der Waals surface area contributed by atoms with Gasteiger partial charge in [-0.05, 0) is 6.92 Å². The molecule has 0 unspecified atom stereocenters. The Labute approximate surface area is 97.8 Å². The summed E-state index contributed by atoms with van der Waals surface area (Å²) < 4.78 is 0. The number of ketones is 1.